The lowest BCUT2D eigenvalue weighted by Gasteiger charge is -2.34. The fraction of sp³-hybridized carbons (Fsp3) is 0.121. The summed E-state index contributed by atoms with van der Waals surface area (Å²) in [4.78, 5) is 11.6. The van der Waals surface area contributed by atoms with Crippen LogP contribution in [0.5, 0.6) is 11.5 Å². The van der Waals surface area contributed by atoms with E-state index in [2.05, 4.69) is 85.8 Å². The Morgan fingerprint density at radius 2 is 1.25 bits per heavy atom. The number of aryl methyl sites for hydroxylation is 1. The molecule has 176 valence electrons. The van der Waals surface area contributed by atoms with Crippen molar-refractivity contribution in [2.75, 3.05) is 7.11 Å². The Morgan fingerprint density at radius 1 is 0.667 bits per heavy atom. The van der Waals surface area contributed by atoms with Gasteiger partial charge in [0.15, 0.2) is 0 Å². The molecule has 3 heteroatoms. The van der Waals surface area contributed by atoms with Gasteiger partial charge < -0.3 is 9.47 Å². The molecule has 1 aliphatic rings. The predicted octanol–water partition coefficient (Wildman–Crippen LogP) is 7.45. The molecule has 0 aliphatic heterocycles. The molecule has 3 nitrogen and oxygen atoms in total. The maximum absolute atomic E-state index is 11.6. The molecule has 5 aromatic rings. The number of hydrogen-bond acceptors (Lipinski definition) is 3. The average molecular weight is 471 g/mol. The highest BCUT2D eigenvalue weighted by Gasteiger charge is 2.46. The van der Waals surface area contributed by atoms with Gasteiger partial charge in [0.1, 0.15) is 11.5 Å². The molecule has 0 N–H and O–H groups in total. The van der Waals surface area contributed by atoms with Gasteiger partial charge in [0.25, 0.3) is 0 Å². The number of rotatable bonds is 4. The van der Waals surface area contributed by atoms with Crippen molar-refractivity contribution < 1.29 is 14.3 Å². The Labute approximate surface area is 210 Å². The molecule has 6 rings (SSSR count). The van der Waals surface area contributed by atoms with Gasteiger partial charge in [-0.3, -0.25) is 4.79 Å². The van der Waals surface area contributed by atoms with E-state index >= 15 is 0 Å². The third-order valence-corrected chi connectivity index (χ3v) is 7.23. The molecule has 0 spiro atoms. The second kappa shape index (κ2) is 8.39. The van der Waals surface area contributed by atoms with E-state index in [0.29, 0.717) is 5.75 Å². The standard InChI is InChI=1S/C33H26O3/c1-21-8-17-29-30-19-23-6-4-5-7-24(23)20-32(30)33(31(29)18-21,25-9-13-27(35-3)14-10-25)26-11-15-28(16-12-26)36-22(2)34/h4-20H,1-3H3. The summed E-state index contributed by atoms with van der Waals surface area (Å²) in [5.41, 5.74) is 7.91. The van der Waals surface area contributed by atoms with Gasteiger partial charge in [-0.15, -0.1) is 0 Å². The molecule has 0 heterocycles. The van der Waals surface area contributed by atoms with Gasteiger partial charge in [-0.05, 0) is 87.5 Å². The molecule has 0 bridgehead atoms. The lowest BCUT2D eigenvalue weighted by molar-refractivity contribution is -0.131. The Bertz CT molecular complexity index is 1610. The second-order valence-electron chi connectivity index (χ2n) is 9.39. The van der Waals surface area contributed by atoms with Crippen LogP contribution in [0.4, 0.5) is 0 Å². The first kappa shape index (κ1) is 22.1. The molecular formula is C33H26O3. The molecule has 0 saturated heterocycles. The first-order chi connectivity index (χ1) is 17.5. The van der Waals surface area contributed by atoms with Crippen LogP contribution in [-0.2, 0) is 10.2 Å². The van der Waals surface area contributed by atoms with Crippen LogP contribution in [0.3, 0.4) is 0 Å². The Hall–Kier alpha value is -4.37. The summed E-state index contributed by atoms with van der Waals surface area (Å²) < 4.78 is 10.9. The molecule has 0 saturated carbocycles. The van der Waals surface area contributed by atoms with E-state index in [1.807, 2.05) is 24.3 Å². The van der Waals surface area contributed by atoms with E-state index in [0.717, 1.165) is 16.9 Å². The quantitative estimate of drug-likeness (QED) is 0.198. The third-order valence-electron chi connectivity index (χ3n) is 7.23. The van der Waals surface area contributed by atoms with Gasteiger partial charge in [-0.25, -0.2) is 0 Å². The van der Waals surface area contributed by atoms with Crippen LogP contribution >= 0.6 is 0 Å². The average Bonchev–Trinajstić information content (AvgIpc) is 3.16. The minimum atomic E-state index is -0.540. The molecule has 1 atom stereocenters. The lowest BCUT2D eigenvalue weighted by Crippen LogP contribution is -2.28. The Kier molecular flexibility index (Phi) is 5.15. The molecule has 0 aromatic heterocycles. The number of carbonyl (C=O) groups is 1. The predicted molar refractivity (Wildman–Crippen MR) is 144 cm³/mol. The van der Waals surface area contributed by atoms with E-state index in [1.54, 1.807) is 7.11 Å². The summed E-state index contributed by atoms with van der Waals surface area (Å²) in [6.45, 7) is 3.56. The molecule has 36 heavy (non-hydrogen) atoms. The molecular weight excluding hydrogens is 444 g/mol. The fourth-order valence-corrected chi connectivity index (χ4v) is 5.69. The number of ether oxygens (including phenoxy) is 2. The number of hydrogen-bond donors (Lipinski definition) is 0. The first-order valence-electron chi connectivity index (χ1n) is 12.1. The lowest BCUT2D eigenvalue weighted by atomic mass is 9.67. The highest BCUT2D eigenvalue weighted by Crippen LogP contribution is 2.57. The van der Waals surface area contributed by atoms with Crippen LogP contribution in [0, 0.1) is 6.92 Å². The van der Waals surface area contributed by atoms with Crippen LogP contribution in [0.1, 0.15) is 34.7 Å². The van der Waals surface area contributed by atoms with E-state index in [1.165, 1.54) is 45.5 Å². The van der Waals surface area contributed by atoms with Crippen LogP contribution in [0.2, 0.25) is 0 Å². The molecule has 1 aliphatic carbocycles. The number of esters is 1. The van der Waals surface area contributed by atoms with E-state index in [4.69, 9.17) is 9.47 Å². The highest BCUT2D eigenvalue weighted by atomic mass is 16.5. The zero-order valence-electron chi connectivity index (χ0n) is 20.5. The maximum atomic E-state index is 11.6. The van der Waals surface area contributed by atoms with Crippen molar-refractivity contribution in [2.24, 2.45) is 0 Å². The first-order valence-corrected chi connectivity index (χ1v) is 12.1. The summed E-state index contributed by atoms with van der Waals surface area (Å²) in [5.74, 6) is 1.03. The SMILES string of the molecule is COc1ccc(C2(c3ccc(OC(C)=O)cc3)c3cc(C)ccc3-c3cc4ccccc4cc32)cc1. The molecule has 0 fully saturated rings. The monoisotopic (exact) mass is 470 g/mol. The normalized spacial score (nSPS) is 15.9. The summed E-state index contributed by atoms with van der Waals surface area (Å²) in [6.07, 6.45) is 0. The van der Waals surface area contributed by atoms with Gasteiger partial charge >= 0.3 is 5.97 Å². The highest BCUT2D eigenvalue weighted by molar-refractivity contribution is 5.96. The van der Waals surface area contributed by atoms with Gasteiger partial charge in [0.2, 0.25) is 0 Å². The van der Waals surface area contributed by atoms with Crippen molar-refractivity contribution in [3.63, 3.8) is 0 Å². The summed E-state index contributed by atoms with van der Waals surface area (Å²) in [5, 5.41) is 2.42. The van der Waals surface area contributed by atoms with Crippen LogP contribution in [0.25, 0.3) is 21.9 Å². The van der Waals surface area contributed by atoms with Gasteiger partial charge in [-0.2, -0.15) is 0 Å². The van der Waals surface area contributed by atoms with Crippen molar-refractivity contribution in [2.45, 2.75) is 19.3 Å². The number of benzene rings is 5. The molecule has 5 aromatic carbocycles. The van der Waals surface area contributed by atoms with E-state index < -0.39 is 5.41 Å². The van der Waals surface area contributed by atoms with E-state index in [-0.39, 0.29) is 5.97 Å². The van der Waals surface area contributed by atoms with Crippen molar-refractivity contribution >= 4 is 16.7 Å². The smallest absolute Gasteiger partial charge is 0.308 e. The number of carbonyl (C=O) groups excluding carboxylic acids is 1. The topological polar surface area (TPSA) is 35.5 Å². The van der Waals surface area contributed by atoms with Crippen molar-refractivity contribution in [1.82, 2.24) is 0 Å². The maximum Gasteiger partial charge on any atom is 0.308 e. The number of fused-ring (bicyclic) bond motifs is 4. The van der Waals surface area contributed by atoms with Gasteiger partial charge in [0.05, 0.1) is 12.5 Å². The third kappa shape index (κ3) is 3.31. The minimum Gasteiger partial charge on any atom is -0.497 e. The van der Waals surface area contributed by atoms with Crippen LogP contribution < -0.4 is 9.47 Å². The van der Waals surface area contributed by atoms with Gasteiger partial charge in [0, 0.05) is 6.92 Å². The zero-order valence-corrected chi connectivity index (χ0v) is 20.5. The summed E-state index contributed by atoms with van der Waals surface area (Å²) in [7, 11) is 1.69. The zero-order chi connectivity index (χ0) is 24.9. The molecule has 0 amide bonds. The molecule has 1 unspecified atom stereocenters. The molecule has 0 radical (unpaired) electrons. The van der Waals surface area contributed by atoms with Crippen molar-refractivity contribution in [1.29, 1.82) is 0 Å². The number of methoxy groups -OCH3 is 1. The Balaban J connectivity index is 1.72. The largest absolute Gasteiger partial charge is 0.497 e. The fourth-order valence-electron chi connectivity index (χ4n) is 5.69. The van der Waals surface area contributed by atoms with Crippen molar-refractivity contribution in [3.8, 4) is 22.6 Å². The van der Waals surface area contributed by atoms with Crippen LogP contribution in [0.15, 0.2) is 103 Å². The minimum absolute atomic E-state index is 0.328. The van der Waals surface area contributed by atoms with Crippen LogP contribution in [-0.4, -0.2) is 13.1 Å². The Morgan fingerprint density at radius 3 is 1.86 bits per heavy atom. The summed E-state index contributed by atoms with van der Waals surface area (Å²) in [6, 6.07) is 36.2. The van der Waals surface area contributed by atoms with Crippen molar-refractivity contribution in [3.05, 3.63) is 131 Å². The summed E-state index contributed by atoms with van der Waals surface area (Å²) >= 11 is 0. The van der Waals surface area contributed by atoms with E-state index in [9.17, 15) is 4.79 Å². The second-order valence-corrected chi connectivity index (χ2v) is 9.39. The van der Waals surface area contributed by atoms with Gasteiger partial charge in [-0.1, -0.05) is 72.3 Å².